The Kier molecular flexibility index (Phi) is 2.35. The molecule has 0 aromatic heterocycles. The van der Waals surface area contributed by atoms with Crippen LogP contribution in [0.5, 0.6) is 0 Å². The quantitative estimate of drug-likeness (QED) is 0.463. The molecule has 0 N–H and O–H groups in total. The van der Waals surface area contributed by atoms with E-state index in [1.807, 2.05) is 12.2 Å². The van der Waals surface area contributed by atoms with Gasteiger partial charge in [-0.15, -0.1) is 11.6 Å². The summed E-state index contributed by atoms with van der Waals surface area (Å²) in [6.45, 7) is 0. The first kappa shape index (κ1) is 8.84. The Bertz CT molecular complexity index is 210. The summed E-state index contributed by atoms with van der Waals surface area (Å²) >= 11 is 11.9. The van der Waals surface area contributed by atoms with Crippen molar-refractivity contribution < 1.29 is 21.1 Å². The van der Waals surface area contributed by atoms with Crippen LogP contribution in [0.4, 0.5) is 0 Å². The maximum Gasteiger partial charge on any atom is 0.0986 e. The largest absolute Gasteiger partial charge is 0.109 e. The summed E-state index contributed by atoms with van der Waals surface area (Å²) in [6, 6.07) is 0. The van der Waals surface area contributed by atoms with Gasteiger partial charge in [0.1, 0.15) is 0 Å². The van der Waals surface area contributed by atoms with Gasteiger partial charge in [-0.05, 0) is 12.3 Å². The molecule has 2 atom stereocenters. The molecule has 0 aromatic rings. The molecular formula is C7H6Cl2Pt. The van der Waals surface area contributed by atoms with Crippen molar-refractivity contribution in [2.45, 2.75) is 11.3 Å². The van der Waals surface area contributed by atoms with Gasteiger partial charge < -0.3 is 0 Å². The van der Waals surface area contributed by atoms with Gasteiger partial charge in [0.15, 0.2) is 0 Å². The van der Waals surface area contributed by atoms with E-state index in [-0.39, 0.29) is 25.9 Å². The van der Waals surface area contributed by atoms with Crippen LogP contribution in [0.2, 0.25) is 0 Å². The molecule has 0 heterocycles. The van der Waals surface area contributed by atoms with E-state index in [2.05, 4.69) is 6.08 Å². The van der Waals surface area contributed by atoms with Crippen molar-refractivity contribution in [3.63, 3.8) is 0 Å². The predicted octanol–water partition coefficient (Wildman–Crippen LogP) is 2.67. The first-order chi connectivity index (χ1) is 4.21. The monoisotopic (exact) mass is 355 g/mol. The molecule has 0 saturated heterocycles. The van der Waals surface area contributed by atoms with Gasteiger partial charge in [-0.1, -0.05) is 29.8 Å². The predicted molar refractivity (Wildman–Crippen MR) is 39.8 cm³/mol. The van der Waals surface area contributed by atoms with Gasteiger partial charge >= 0.3 is 0 Å². The van der Waals surface area contributed by atoms with Crippen molar-refractivity contribution in [1.29, 1.82) is 0 Å². The zero-order chi connectivity index (χ0) is 6.48. The summed E-state index contributed by atoms with van der Waals surface area (Å²) in [7, 11) is 0. The van der Waals surface area contributed by atoms with Gasteiger partial charge in [0, 0.05) is 26.1 Å². The average Bonchev–Trinajstić information content (AvgIpc) is 2.22. The molecule has 2 rings (SSSR count). The molecule has 10 heavy (non-hydrogen) atoms. The van der Waals surface area contributed by atoms with Crippen LogP contribution in [0.3, 0.4) is 0 Å². The Morgan fingerprint density at radius 2 is 2.30 bits per heavy atom. The van der Waals surface area contributed by atoms with Crippen LogP contribution in [0, 0.1) is 5.92 Å². The van der Waals surface area contributed by atoms with Gasteiger partial charge in [-0.25, -0.2) is 0 Å². The van der Waals surface area contributed by atoms with Gasteiger partial charge in [0.25, 0.3) is 0 Å². The summed E-state index contributed by atoms with van der Waals surface area (Å²) in [5.74, 6) is 0.509. The molecule has 3 heteroatoms. The molecule has 0 amide bonds. The Balaban J connectivity index is 0.000000500. The standard InChI is InChI=1S/C7H6Cl2.Pt/c8-6-3-5-1-2-7(6,9)4-5;/h1-3,5H,4H2;. The van der Waals surface area contributed by atoms with Crippen molar-refractivity contribution in [2.24, 2.45) is 5.92 Å². The van der Waals surface area contributed by atoms with Crippen LogP contribution in [0.15, 0.2) is 23.3 Å². The van der Waals surface area contributed by atoms with E-state index in [0.717, 1.165) is 11.5 Å². The zero-order valence-corrected chi connectivity index (χ0v) is 8.87. The third kappa shape index (κ3) is 1.11. The summed E-state index contributed by atoms with van der Waals surface area (Å²) in [6.07, 6.45) is 7.09. The second-order valence-electron chi connectivity index (χ2n) is 2.60. The van der Waals surface area contributed by atoms with E-state index in [4.69, 9.17) is 23.2 Å². The minimum atomic E-state index is -0.313. The van der Waals surface area contributed by atoms with E-state index in [9.17, 15) is 0 Å². The SMILES string of the molecule is ClC1=CC2C=CC1(Cl)C2.[Pt]. The molecule has 0 aromatic carbocycles. The summed E-state index contributed by atoms with van der Waals surface area (Å²) < 4.78 is 0. The molecule has 0 aliphatic heterocycles. The van der Waals surface area contributed by atoms with Crippen LogP contribution < -0.4 is 0 Å². The van der Waals surface area contributed by atoms with Gasteiger partial charge in [-0.2, -0.15) is 0 Å². The van der Waals surface area contributed by atoms with Gasteiger partial charge in [0.2, 0.25) is 0 Å². The second kappa shape index (κ2) is 2.66. The van der Waals surface area contributed by atoms with E-state index in [0.29, 0.717) is 5.92 Å². The third-order valence-electron chi connectivity index (χ3n) is 1.90. The van der Waals surface area contributed by atoms with Crippen LogP contribution in [0.1, 0.15) is 6.42 Å². The number of rotatable bonds is 0. The fraction of sp³-hybridized carbons (Fsp3) is 0.429. The molecule has 0 saturated carbocycles. The minimum Gasteiger partial charge on any atom is -0.109 e. The van der Waals surface area contributed by atoms with Crippen LogP contribution in [-0.2, 0) is 21.1 Å². The molecule has 2 aliphatic carbocycles. The molecule has 0 nitrogen and oxygen atoms in total. The molecule has 0 fully saturated rings. The van der Waals surface area contributed by atoms with Crippen LogP contribution in [0.25, 0.3) is 0 Å². The molecule has 2 aliphatic rings. The van der Waals surface area contributed by atoms with Crippen molar-refractivity contribution >= 4 is 23.2 Å². The van der Waals surface area contributed by atoms with Crippen molar-refractivity contribution in [2.75, 3.05) is 0 Å². The first-order valence-corrected chi connectivity index (χ1v) is 3.72. The summed E-state index contributed by atoms with van der Waals surface area (Å²) in [5.41, 5.74) is 0. The number of hydrogen-bond acceptors (Lipinski definition) is 0. The topological polar surface area (TPSA) is 0 Å². The number of hydrogen-bond donors (Lipinski definition) is 0. The number of fused-ring (bicyclic) bond motifs is 2. The van der Waals surface area contributed by atoms with Crippen molar-refractivity contribution in [3.05, 3.63) is 23.3 Å². The average molecular weight is 356 g/mol. The minimum absolute atomic E-state index is 0. The number of halogens is 2. The maximum atomic E-state index is 6.06. The zero-order valence-electron chi connectivity index (χ0n) is 5.09. The van der Waals surface area contributed by atoms with Crippen molar-refractivity contribution in [3.8, 4) is 0 Å². The fourth-order valence-corrected chi connectivity index (χ4v) is 1.99. The van der Waals surface area contributed by atoms with E-state index in [1.54, 1.807) is 0 Å². The van der Waals surface area contributed by atoms with E-state index < -0.39 is 0 Å². The maximum absolute atomic E-state index is 6.06. The molecule has 0 radical (unpaired) electrons. The molecule has 2 bridgehead atoms. The van der Waals surface area contributed by atoms with Crippen LogP contribution in [-0.4, -0.2) is 4.87 Å². The summed E-state index contributed by atoms with van der Waals surface area (Å²) in [4.78, 5) is -0.313. The molecular weight excluding hydrogens is 350 g/mol. The Labute approximate surface area is 84.5 Å². The number of allylic oxidation sites excluding steroid dienone is 4. The first-order valence-electron chi connectivity index (χ1n) is 2.97. The smallest absolute Gasteiger partial charge is 0.0986 e. The molecule has 2 unspecified atom stereocenters. The van der Waals surface area contributed by atoms with E-state index >= 15 is 0 Å². The summed E-state index contributed by atoms with van der Waals surface area (Å²) in [5, 5.41) is 0.802. The van der Waals surface area contributed by atoms with Gasteiger partial charge in [0.05, 0.1) is 4.87 Å². The molecule has 0 spiro atoms. The fourth-order valence-electron chi connectivity index (χ4n) is 1.37. The van der Waals surface area contributed by atoms with Crippen molar-refractivity contribution in [1.82, 2.24) is 0 Å². The Hall–Kier alpha value is 0.748. The van der Waals surface area contributed by atoms with Gasteiger partial charge in [-0.3, -0.25) is 0 Å². The normalized spacial score (nSPS) is 41.4. The third-order valence-corrected chi connectivity index (χ3v) is 2.94. The Morgan fingerprint density at radius 1 is 1.60 bits per heavy atom. The number of alkyl halides is 1. The Morgan fingerprint density at radius 3 is 2.50 bits per heavy atom. The van der Waals surface area contributed by atoms with Crippen LogP contribution >= 0.6 is 23.2 Å². The molecule has 58 valence electrons. The van der Waals surface area contributed by atoms with E-state index in [1.165, 1.54) is 0 Å². The second-order valence-corrected chi connectivity index (χ2v) is 3.69.